The zero-order chi connectivity index (χ0) is 13.9. The molecule has 7 heteroatoms. The van der Waals surface area contributed by atoms with Gasteiger partial charge in [0.25, 0.3) is 0 Å². The number of carbonyl (C=O) groups excluding carboxylic acids is 1. The summed E-state index contributed by atoms with van der Waals surface area (Å²) in [7, 11) is -3.61. The van der Waals surface area contributed by atoms with E-state index in [1.807, 2.05) is 0 Å². The Hall–Kier alpha value is -1.14. The minimum absolute atomic E-state index is 0.0431. The van der Waals surface area contributed by atoms with Gasteiger partial charge in [0.15, 0.2) is 11.6 Å². The first-order valence-corrected chi connectivity index (χ1v) is 7.31. The minimum Gasteiger partial charge on any atom is -0.294 e. The lowest BCUT2D eigenvalue weighted by molar-refractivity contribution is 0.101. The summed E-state index contributed by atoms with van der Waals surface area (Å²) in [5.41, 5.74) is -0.577. The van der Waals surface area contributed by atoms with Crippen LogP contribution in [0.4, 0.5) is 10.1 Å². The Morgan fingerprint density at radius 2 is 2.06 bits per heavy atom. The van der Waals surface area contributed by atoms with E-state index in [0.29, 0.717) is 6.42 Å². The summed E-state index contributed by atoms with van der Waals surface area (Å²) in [5, 5.41) is -0.0431. The molecule has 18 heavy (non-hydrogen) atoms. The Kier molecular flexibility index (Phi) is 4.70. The number of hydrogen-bond acceptors (Lipinski definition) is 3. The summed E-state index contributed by atoms with van der Waals surface area (Å²) in [6.45, 7) is 2.85. The Morgan fingerprint density at radius 3 is 2.56 bits per heavy atom. The number of Topliss-reactive ketones (excluding diaryl/α,β-unsaturated/α-hetero) is 1. The molecule has 1 rings (SSSR count). The molecule has 0 fully saturated rings. The van der Waals surface area contributed by atoms with Crippen molar-refractivity contribution >= 4 is 33.1 Å². The lowest BCUT2D eigenvalue weighted by Crippen LogP contribution is -2.17. The van der Waals surface area contributed by atoms with Crippen molar-refractivity contribution in [3.63, 3.8) is 0 Å². The fourth-order valence-corrected chi connectivity index (χ4v) is 2.85. The van der Waals surface area contributed by atoms with Crippen molar-refractivity contribution in [3.05, 3.63) is 28.5 Å². The highest BCUT2D eigenvalue weighted by molar-refractivity contribution is 7.92. The maximum absolute atomic E-state index is 13.9. The maximum atomic E-state index is 13.9. The second-order valence-corrected chi connectivity index (χ2v) is 6.01. The predicted molar refractivity (Wildman–Crippen MR) is 69.1 cm³/mol. The molecule has 0 radical (unpaired) electrons. The van der Waals surface area contributed by atoms with E-state index < -0.39 is 21.6 Å². The van der Waals surface area contributed by atoms with E-state index >= 15 is 0 Å². The van der Waals surface area contributed by atoms with E-state index in [4.69, 9.17) is 11.6 Å². The predicted octanol–water partition coefficient (Wildman–Crippen LogP) is 2.83. The molecule has 0 spiro atoms. The molecule has 0 saturated heterocycles. The average molecular weight is 294 g/mol. The molecule has 0 bridgehead atoms. The van der Waals surface area contributed by atoms with Gasteiger partial charge in [0.05, 0.1) is 22.0 Å². The molecule has 0 atom stereocenters. The first kappa shape index (κ1) is 14.9. The van der Waals surface area contributed by atoms with Gasteiger partial charge in [0, 0.05) is 0 Å². The van der Waals surface area contributed by atoms with Crippen molar-refractivity contribution in [2.45, 2.75) is 20.3 Å². The van der Waals surface area contributed by atoms with Gasteiger partial charge in [0.2, 0.25) is 10.0 Å². The molecule has 1 aromatic rings. The van der Waals surface area contributed by atoms with Crippen LogP contribution in [0.1, 0.15) is 30.6 Å². The van der Waals surface area contributed by atoms with Gasteiger partial charge in [-0.1, -0.05) is 18.5 Å². The van der Waals surface area contributed by atoms with E-state index in [0.717, 1.165) is 6.92 Å². The number of carbonyl (C=O) groups is 1. The Balaban J connectivity index is 3.21. The second kappa shape index (κ2) is 5.67. The van der Waals surface area contributed by atoms with E-state index in [1.165, 1.54) is 12.1 Å². The van der Waals surface area contributed by atoms with Crippen LogP contribution in [-0.2, 0) is 10.0 Å². The quantitative estimate of drug-likeness (QED) is 0.849. The normalized spacial score (nSPS) is 11.3. The third-order valence-electron chi connectivity index (χ3n) is 2.18. The topological polar surface area (TPSA) is 63.2 Å². The number of anilines is 1. The molecule has 1 aromatic carbocycles. The second-order valence-electron chi connectivity index (χ2n) is 3.76. The minimum atomic E-state index is -3.61. The molecule has 0 aliphatic heterocycles. The van der Waals surface area contributed by atoms with Crippen molar-refractivity contribution < 1.29 is 17.6 Å². The molecule has 0 heterocycles. The zero-order valence-corrected chi connectivity index (χ0v) is 11.5. The number of halogens is 2. The van der Waals surface area contributed by atoms with Crippen LogP contribution in [0.2, 0.25) is 5.02 Å². The van der Waals surface area contributed by atoms with Gasteiger partial charge in [-0.05, 0) is 25.5 Å². The van der Waals surface area contributed by atoms with Crippen molar-refractivity contribution in [1.82, 2.24) is 0 Å². The summed E-state index contributed by atoms with van der Waals surface area (Å²) >= 11 is 5.69. The smallest absolute Gasteiger partial charge is 0.232 e. The molecule has 0 aromatic heterocycles. The van der Waals surface area contributed by atoms with Crippen LogP contribution in [0.3, 0.4) is 0 Å². The van der Waals surface area contributed by atoms with Crippen LogP contribution in [0.15, 0.2) is 12.1 Å². The molecular formula is C11H13ClFNO3S. The number of sulfonamides is 1. The molecular weight excluding hydrogens is 281 g/mol. The number of nitrogens with one attached hydrogen (secondary N) is 1. The van der Waals surface area contributed by atoms with Crippen LogP contribution in [0.5, 0.6) is 0 Å². The first-order chi connectivity index (χ1) is 8.28. The van der Waals surface area contributed by atoms with E-state index in [1.54, 1.807) is 6.92 Å². The molecule has 100 valence electrons. The van der Waals surface area contributed by atoms with E-state index in [-0.39, 0.29) is 22.0 Å². The molecule has 0 saturated carbocycles. The largest absolute Gasteiger partial charge is 0.294 e. The van der Waals surface area contributed by atoms with Gasteiger partial charge in [-0.25, -0.2) is 12.8 Å². The Labute approximate surface area is 110 Å². The lowest BCUT2D eigenvalue weighted by atomic mass is 10.1. The van der Waals surface area contributed by atoms with Crippen LogP contribution < -0.4 is 4.72 Å². The molecule has 1 N–H and O–H groups in total. The molecule has 4 nitrogen and oxygen atoms in total. The summed E-state index contributed by atoms with van der Waals surface area (Å²) in [4.78, 5) is 11.2. The zero-order valence-electron chi connectivity index (χ0n) is 9.96. The van der Waals surface area contributed by atoms with Crippen LogP contribution in [0, 0.1) is 5.82 Å². The summed E-state index contributed by atoms with van der Waals surface area (Å²) in [6, 6.07) is 2.47. The van der Waals surface area contributed by atoms with Crippen LogP contribution in [-0.4, -0.2) is 20.0 Å². The fourth-order valence-electron chi connectivity index (χ4n) is 1.44. The average Bonchev–Trinajstić information content (AvgIpc) is 2.21. The Morgan fingerprint density at radius 1 is 1.44 bits per heavy atom. The monoisotopic (exact) mass is 293 g/mol. The van der Waals surface area contributed by atoms with Gasteiger partial charge in [-0.3, -0.25) is 9.52 Å². The highest BCUT2D eigenvalue weighted by Crippen LogP contribution is 2.26. The molecule has 0 amide bonds. The number of rotatable bonds is 5. The van der Waals surface area contributed by atoms with Gasteiger partial charge in [-0.2, -0.15) is 0 Å². The van der Waals surface area contributed by atoms with E-state index in [2.05, 4.69) is 4.72 Å². The number of benzene rings is 1. The van der Waals surface area contributed by atoms with Crippen molar-refractivity contribution in [1.29, 1.82) is 0 Å². The number of ketones is 1. The van der Waals surface area contributed by atoms with Crippen LogP contribution >= 0.6 is 11.6 Å². The maximum Gasteiger partial charge on any atom is 0.232 e. The van der Waals surface area contributed by atoms with Gasteiger partial charge < -0.3 is 0 Å². The lowest BCUT2D eigenvalue weighted by Gasteiger charge is -2.10. The highest BCUT2D eigenvalue weighted by Gasteiger charge is 2.19. The molecule has 0 aliphatic rings. The van der Waals surface area contributed by atoms with Gasteiger partial charge in [0.1, 0.15) is 0 Å². The highest BCUT2D eigenvalue weighted by atomic mass is 35.5. The van der Waals surface area contributed by atoms with Crippen LogP contribution in [0.25, 0.3) is 0 Å². The fraction of sp³-hybridized carbons (Fsp3) is 0.364. The number of hydrogen-bond donors (Lipinski definition) is 1. The molecule has 0 unspecified atom stereocenters. The SMILES string of the molecule is CCCS(=O)(=O)Nc1ccc(Cl)c(C(C)=O)c1F. The third-order valence-corrected chi connectivity index (χ3v) is 3.97. The van der Waals surface area contributed by atoms with Crippen molar-refractivity contribution in [3.8, 4) is 0 Å². The summed E-state index contributed by atoms with van der Waals surface area (Å²) < 4.78 is 39.1. The third kappa shape index (κ3) is 3.43. The van der Waals surface area contributed by atoms with E-state index in [9.17, 15) is 17.6 Å². The van der Waals surface area contributed by atoms with Crippen molar-refractivity contribution in [2.24, 2.45) is 0 Å². The summed E-state index contributed by atoms with van der Waals surface area (Å²) in [6.07, 6.45) is 0.407. The molecule has 0 aliphatic carbocycles. The van der Waals surface area contributed by atoms with Gasteiger partial charge in [-0.15, -0.1) is 0 Å². The standard InChI is InChI=1S/C11H13ClFNO3S/c1-3-6-18(16,17)14-9-5-4-8(12)10(7(2)15)11(9)13/h4-5,14H,3,6H2,1-2H3. The summed E-state index contributed by atoms with van der Waals surface area (Å²) in [5.74, 6) is -1.63. The first-order valence-electron chi connectivity index (χ1n) is 5.28. The van der Waals surface area contributed by atoms with Crippen molar-refractivity contribution in [2.75, 3.05) is 10.5 Å². The Bertz CT molecular complexity index is 572. The van der Waals surface area contributed by atoms with Gasteiger partial charge >= 0.3 is 0 Å².